The highest BCUT2D eigenvalue weighted by atomic mass is 19.1. The normalized spacial score (nSPS) is 17.4. The van der Waals surface area contributed by atoms with Gasteiger partial charge in [-0.2, -0.15) is 0 Å². The van der Waals surface area contributed by atoms with Crippen molar-refractivity contribution < 1.29 is 4.39 Å². The Morgan fingerprint density at radius 3 is 2.81 bits per heavy atom. The Kier molecular flexibility index (Phi) is 3.59. The molecule has 1 N–H and O–H groups in total. The molecule has 1 aliphatic rings. The Bertz CT molecular complexity index is 358. The lowest BCUT2D eigenvalue weighted by molar-refractivity contribution is 0.457. The number of hydrogen-bond acceptors (Lipinski definition) is 1. The zero-order chi connectivity index (χ0) is 11.5. The molecule has 0 radical (unpaired) electrons. The number of benzene rings is 1. The van der Waals surface area contributed by atoms with Crippen molar-refractivity contribution in [2.75, 3.05) is 6.54 Å². The molecule has 1 aromatic carbocycles. The summed E-state index contributed by atoms with van der Waals surface area (Å²) in [4.78, 5) is 0. The van der Waals surface area contributed by atoms with Gasteiger partial charge in [0, 0.05) is 11.6 Å². The van der Waals surface area contributed by atoms with Crippen molar-refractivity contribution >= 4 is 0 Å². The third-order valence-corrected chi connectivity index (χ3v) is 3.19. The highest BCUT2D eigenvalue weighted by Crippen LogP contribution is 2.41. The van der Waals surface area contributed by atoms with Gasteiger partial charge in [0.25, 0.3) is 0 Å². The fourth-order valence-corrected chi connectivity index (χ4v) is 2.16. The minimum atomic E-state index is -0.0638. The van der Waals surface area contributed by atoms with Gasteiger partial charge in [0.1, 0.15) is 5.82 Å². The van der Waals surface area contributed by atoms with Crippen LogP contribution in [0.4, 0.5) is 4.39 Å². The van der Waals surface area contributed by atoms with Crippen LogP contribution in [-0.2, 0) is 0 Å². The number of halogens is 1. The molecule has 0 aromatic heterocycles. The maximum Gasteiger partial charge on any atom is 0.128 e. The second kappa shape index (κ2) is 4.96. The van der Waals surface area contributed by atoms with Gasteiger partial charge in [0.2, 0.25) is 0 Å². The van der Waals surface area contributed by atoms with Crippen LogP contribution in [0.1, 0.15) is 43.4 Å². The molecule has 0 bridgehead atoms. The fourth-order valence-electron chi connectivity index (χ4n) is 2.16. The van der Waals surface area contributed by atoms with E-state index in [0.717, 1.165) is 24.1 Å². The molecule has 1 aliphatic carbocycles. The molecule has 0 aliphatic heterocycles. The zero-order valence-corrected chi connectivity index (χ0v) is 10.1. The average molecular weight is 221 g/mol. The van der Waals surface area contributed by atoms with Gasteiger partial charge < -0.3 is 5.32 Å². The van der Waals surface area contributed by atoms with Crippen LogP contribution in [0.3, 0.4) is 0 Å². The Hall–Kier alpha value is -0.890. The van der Waals surface area contributed by atoms with E-state index in [1.165, 1.54) is 12.8 Å². The first-order chi connectivity index (χ1) is 7.72. The Balaban J connectivity index is 2.19. The van der Waals surface area contributed by atoms with Crippen LogP contribution in [0.15, 0.2) is 18.2 Å². The maximum atomic E-state index is 13.8. The highest BCUT2D eigenvalue weighted by molar-refractivity contribution is 5.28. The summed E-state index contributed by atoms with van der Waals surface area (Å²) in [6, 6.07) is 5.64. The molecular weight excluding hydrogens is 201 g/mol. The van der Waals surface area contributed by atoms with E-state index < -0.39 is 0 Å². The molecule has 0 saturated heterocycles. The van der Waals surface area contributed by atoms with Gasteiger partial charge in [-0.25, -0.2) is 4.39 Å². The standard InChI is InChI=1S/C14H20FN/c1-3-8-16-14(11-5-6-11)12-9-10(2)4-7-13(12)15/h4,7,9,11,14,16H,3,5-6,8H2,1-2H3. The summed E-state index contributed by atoms with van der Waals surface area (Å²) in [5, 5.41) is 3.48. The number of aryl methyl sites for hydroxylation is 1. The summed E-state index contributed by atoms with van der Waals surface area (Å²) in [7, 11) is 0. The minimum absolute atomic E-state index is 0.0638. The molecule has 0 heterocycles. The van der Waals surface area contributed by atoms with Gasteiger partial charge in [-0.1, -0.05) is 24.6 Å². The van der Waals surface area contributed by atoms with Gasteiger partial charge in [-0.05, 0) is 44.7 Å². The van der Waals surface area contributed by atoms with Crippen LogP contribution in [0.25, 0.3) is 0 Å². The summed E-state index contributed by atoms with van der Waals surface area (Å²) in [5.41, 5.74) is 2.00. The van der Waals surface area contributed by atoms with Gasteiger partial charge in [0.15, 0.2) is 0 Å². The van der Waals surface area contributed by atoms with E-state index in [4.69, 9.17) is 0 Å². The van der Waals surface area contributed by atoms with E-state index in [2.05, 4.69) is 12.2 Å². The zero-order valence-electron chi connectivity index (χ0n) is 10.1. The van der Waals surface area contributed by atoms with Crippen molar-refractivity contribution in [2.45, 2.75) is 39.2 Å². The smallest absolute Gasteiger partial charge is 0.128 e. The molecular formula is C14H20FN. The number of hydrogen-bond donors (Lipinski definition) is 1. The molecule has 2 rings (SSSR count). The Labute approximate surface area is 97.1 Å². The molecule has 16 heavy (non-hydrogen) atoms. The lowest BCUT2D eigenvalue weighted by atomic mass is 9.99. The Morgan fingerprint density at radius 1 is 1.44 bits per heavy atom. The van der Waals surface area contributed by atoms with Gasteiger partial charge in [-0.15, -0.1) is 0 Å². The van der Waals surface area contributed by atoms with Crippen LogP contribution >= 0.6 is 0 Å². The second-order valence-corrected chi connectivity index (χ2v) is 4.79. The molecule has 1 aromatic rings. The molecule has 1 saturated carbocycles. The molecule has 0 amide bonds. The van der Waals surface area contributed by atoms with Crippen LogP contribution < -0.4 is 5.32 Å². The average Bonchev–Trinajstić information content (AvgIpc) is 3.08. The van der Waals surface area contributed by atoms with Crippen molar-refractivity contribution in [1.82, 2.24) is 5.32 Å². The summed E-state index contributed by atoms with van der Waals surface area (Å²) in [5.74, 6) is 0.578. The van der Waals surface area contributed by atoms with E-state index >= 15 is 0 Å². The predicted octanol–water partition coefficient (Wildman–Crippen LogP) is 3.58. The topological polar surface area (TPSA) is 12.0 Å². The maximum absolute atomic E-state index is 13.8. The molecule has 0 spiro atoms. The SMILES string of the molecule is CCCNC(c1cc(C)ccc1F)C1CC1. The summed E-state index contributed by atoms with van der Waals surface area (Å²) in [6.45, 7) is 5.13. The largest absolute Gasteiger partial charge is 0.310 e. The summed E-state index contributed by atoms with van der Waals surface area (Å²) < 4.78 is 13.8. The molecule has 88 valence electrons. The van der Waals surface area contributed by atoms with Crippen molar-refractivity contribution in [3.8, 4) is 0 Å². The summed E-state index contributed by atoms with van der Waals surface area (Å²) >= 11 is 0. The van der Waals surface area contributed by atoms with Crippen molar-refractivity contribution in [1.29, 1.82) is 0 Å². The van der Waals surface area contributed by atoms with E-state index in [1.807, 2.05) is 19.1 Å². The minimum Gasteiger partial charge on any atom is -0.310 e. The molecule has 2 heteroatoms. The first kappa shape index (κ1) is 11.6. The Morgan fingerprint density at radius 2 is 2.19 bits per heavy atom. The molecule has 1 atom stereocenters. The van der Waals surface area contributed by atoms with E-state index in [-0.39, 0.29) is 11.9 Å². The van der Waals surface area contributed by atoms with Crippen LogP contribution in [0, 0.1) is 18.7 Å². The third-order valence-electron chi connectivity index (χ3n) is 3.19. The van der Waals surface area contributed by atoms with Crippen molar-refractivity contribution in [3.05, 3.63) is 35.1 Å². The van der Waals surface area contributed by atoms with E-state index in [1.54, 1.807) is 6.07 Å². The quantitative estimate of drug-likeness (QED) is 0.801. The van der Waals surface area contributed by atoms with Gasteiger partial charge >= 0.3 is 0 Å². The number of rotatable bonds is 5. The first-order valence-corrected chi connectivity index (χ1v) is 6.21. The lowest BCUT2D eigenvalue weighted by Crippen LogP contribution is -2.24. The third kappa shape index (κ3) is 2.62. The van der Waals surface area contributed by atoms with Crippen LogP contribution in [0.5, 0.6) is 0 Å². The van der Waals surface area contributed by atoms with Crippen molar-refractivity contribution in [3.63, 3.8) is 0 Å². The van der Waals surface area contributed by atoms with Crippen molar-refractivity contribution in [2.24, 2.45) is 5.92 Å². The molecule has 1 fully saturated rings. The monoisotopic (exact) mass is 221 g/mol. The second-order valence-electron chi connectivity index (χ2n) is 4.79. The number of nitrogens with one attached hydrogen (secondary N) is 1. The summed E-state index contributed by atoms with van der Waals surface area (Å²) in [6.07, 6.45) is 3.56. The lowest BCUT2D eigenvalue weighted by Gasteiger charge is -2.19. The first-order valence-electron chi connectivity index (χ1n) is 6.21. The molecule has 1 nitrogen and oxygen atoms in total. The highest BCUT2D eigenvalue weighted by Gasteiger charge is 2.33. The van der Waals surface area contributed by atoms with E-state index in [0.29, 0.717) is 5.92 Å². The molecule has 1 unspecified atom stereocenters. The fraction of sp³-hybridized carbons (Fsp3) is 0.571. The van der Waals surface area contributed by atoms with Crippen LogP contribution in [-0.4, -0.2) is 6.54 Å². The van der Waals surface area contributed by atoms with E-state index in [9.17, 15) is 4.39 Å². The van der Waals surface area contributed by atoms with Gasteiger partial charge in [0.05, 0.1) is 0 Å². The predicted molar refractivity (Wildman–Crippen MR) is 64.9 cm³/mol. The van der Waals surface area contributed by atoms with Gasteiger partial charge in [-0.3, -0.25) is 0 Å². The van der Waals surface area contributed by atoms with Crippen LogP contribution in [0.2, 0.25) is 0 Å².